The maximum absolute atomic E-state index is 13.2. The van der Waals surface area contributed by atoms with Crippen molar-refractivity contribution in [3.05, 3.63) is 29.6 Å². The van der Waals surface area contributed by atoms with E-state index in [9.17, 15) is 4.39 Å². The number of thiocarbonyl (C=S) groups is 1. The molecule has 1 aromatic carbocycles. The lowest BCUT2D eigenvalue weighted by Gasteiger charge is -2.28. The second-order valence-electron chi connectivity index (χ2n) is 4.27. The maximum Gasteiger partial charge on any atom is 0.124 e. The molecule has 0 aliphatic rings. The van der Waals surface area contributed by atoms with Gasteiger partial charge in [0, 0.05) is 24.3 Å². The number of hydrogen-bond acceptors (Lipinski definition) is 2. The lowest BCUT2D eigenvalue weighted by Crippen LogP contribution is -2.30. The van der Waals surface area contributed by atoms with Gasteiger partial charge in [-0.3, -0.25) is 0 Å². The fraction of sp³-hybridized carbons (Fsp3) is 0.462. The van der Waals surface area contributed by atoms with Crippen LogP contribution in [0.2, 0.25) is 0 Å². The Balaban J connectivity index is 3.08. The highest BCUT2D eigenvalue weighted by Crippen LogP contribution is 2.23. The number of nitrogens with two attached hydrogens (primary N) is 1. The van der Waals surface area contributed by atoms with Gasteiger partial charge in [-0.2, -0.15) is 0 Å². The molecule has 0 aliphatic heterocycles. The number of halogens is 1. The molecule has 1 rings (SSSR count). The van der Waals surface area contributed by atoms with E-state index in [0.29, 0.717) is 11.6 Å². The van der Waals surface area contributed by atoms with Gasteiger partial charge in [0.2, 0.25) is 0 Å². The number of anilines is 1. The van der Waals surface area contributed by atoms with Gasteiger partial charge in [-0.25, -0.2) is 4.39 Å². The highest BCUT2D eigenvalue weighted by molar-refractivity contribution is 7.80. The first-order valence-corrected chi connectivity index (χ1v) is 6.20. The molecule has 0 fully saturated rings. The monoisotopic (exact) mass is 254 g/mol. The zero-order chi connectivity index (χ0) is 13.0. The molecule has 2 nitrogen and oxygen atoms in total. The molecule has 1 atom stereocenters. The lowest BCUT2D eigenvalue weighted by atomic mass is 10.1. The number of rotatable bonds is 5. The molecule has 1 unspecified atom stereocenters. The second-order valence-corrected chi connectivity index (χ2v) is 4.71. The molecule has 0 amide bonds. The van der Waals surface area contributed by atoms with E-state index in [4.69, 9.17) is 18.0 Å². The van der Waals surface area contributed by atoms with Crippen LogP contribution >= 0.6 is 12.2 Å². The van der Waals surface area contributed by atoms with Gasteiger partial charge in [0.15, 0.2) is 0 Å². The predicted molar refractivity (Wildman–Crippen MR) is 75.1 cm³/mol. The van der Waals surface area contributed by atoms with Gasteiger partial charge in [0.05, 0.1) is 0 Å². The molecule has 2 N–H and O–H groups in total. The maximum atomic E-state index is 13.2. The Morgan fingerprint density at radius 3 is 2.71 bits per heavy atom. The van der Waals surface area contributed by atoms with Gasteiger partial charge in [-0.15, -0.1) is 0 Å². The van der Waals surface area contributed by atoms with Crippen molar-refractivity contribution < 1.29 is 4.39 Å². The first kappa shape index (κ1) is 13.9. The van der Waals surface area contributed by atoms with Gasteiger partial charge in [-0.05, 0) is 31.5 Å². The predicted octanol–water partition coefficient (Wildman–Crippen LogP) is 3.08. The summed E-state index contributed by atoms with van der Waals surface area (Å²) < 4.78 is 13.2. The Morgan fingerprint density at radius 2 is 2.18 bits per heavy atom. The Kier molecular flexibility index (Phi) is 4.87. The van der Waals surface area contributed by atoms with Crippen LogP contribution in [-0.2, 0) is 0 Å². The van der Waals surface area contributed by atoms with Crippen molar-refractivity contribution in [1.82, 2.24) is 0 Å². The molecule has 0 heterocycles. The minimum Gasteiger partial charge on any atom is -0.389 e. The van der Waals surface area contributed by atoms with Gasteiger partial charge in [0.1, 0.15) is 10.8 Å². The Bertz CT molecular complexity index is 406. The molecule has 0 spiro atoms. The highest BCUT2D eigenvalue weighted by atomic mass is 32.1. The van der Waals surface area contributed by atoms with E-state index < -0.39 is 0 Å². The van der Waals surface area contributed by atoms with Crippen LogP contribution in [0.5, 0.6) is 0 Å². The standard InChI is InChI=1S/C13H19FN2S/c1-4-5-9(2)16(3)12-7-6-10(14)8-11(12)13(15)17/h6-9H,4-5H2,1-3H3,(H2,15,17). The Morgan fingerprint density at radius 1 is 1.53 bits per heavy atom. The summed E-state index contributed by atoms with van der Waals surface area (Å²) in [6, 6.07) is 4.94. The minimum atomic E-state index is -0.312. The molecule has 0 bridgehead atoms. The van der Waals surface area contributed by atoms with Crippen LogP contribution in [0, 0.1) is 5.82 Å². The summed E-state index contributed by atoms with van der Waals surface area (Å²) in [5.41, 5.74) is 7.12. The van der Waals surface area contributed by atoms with Gasteiger partial charge in [0.25, 0.3) is 0 Å². The Labute approximate surface area is 108 Å². The summed E-state index contributed by atoms with van der Waals surface area (Å²) in [6.07, 6.45) is 2.18. The summed E-state index contributed by atoms with van der Waals surface area (Å²) >= 11 is 4.96. The van der Waals surface area contributed by atoms with E-state index in [1.807, 2.05) is 7.05 Å². The van der Waals surface area contributed by atoms with Gasteiger partial charge in [-0.1, -0.05) is 25.6 Å². The van der Waals surface area contributed by atoms with E-state index >= 15 is 0 Å². The molecular formula is C13H19FN2S. The zero-order valence-corrected chi connectivity index (χ0v) is 11.4. The topological polar surface area (TPSA) is 29.3 Å². The highest BCUT2D eigenvalue weighted by Gasteiger charge is 2.15. The third-order valence-corrected chi connectivity index (χ3v) is 3.19. The average Bonchev–Trinajstić information content (AvgIpc) is 2.28. The van der Waals surface area contributed by atoms with E-state index in [0.717, 1.165) is 18.5 Å². The van der Waals surface area contributed by atoms with Crippen LogP contribution in [0.25, 0.3) is 0 Å². The minimum absolute atomic E-state index is 0.232. The van der Waals surface area contributed by atoms with Crippen molar-refractivity contribution in [3.63, 3.8) is 0 Å². The molecule has 0 saturated heterocycles. The third kappa shape index (κ3) is 3.40. The number of benzene rings is 1. The average molecular weight is 254 g/mol. The van der Waals surface area contributed by atoms with Gasteiger partial charge < -0.3 is 10.6 Å². The largest absolute Gasteiger partial charge is 0.389 e. The molecule has 0 saturated carbocycles. The second kappa shape index (κ2) is 5.96. The van der Waals surface area contributed by atoms with Crippen LogP contribution in [0.3, 0.4) is 0 Å². The van der Waals surface area contributed by atoms with Crippen molar-refractivity contribution in [3.8, 4) is 0 Å². The molecule has 0 aliphatic carbocycles. The number of hydrogen-bond donors (Lipinski definition) is 1. The molecular weight excluding hydrogens is 235 g/mol. The summed E-state index contributed by atoms with van der Waals surface area (Å²) in [7, 11) is 1.98. The quantitative estimate of drug-likeness (QED) is 0.819. The molecule has 17 heavy (non-hydrogen) atoms. The van der Waals surface area contributed by atoms with Crippen molar-refractivity contribution in [2.24, 2.45) is 5.73 Å². The zero-order valence-electron chi connectivity index (χ0n) is 10.5. The van der Waals surface area contributed by atoms with Crippen LogP contribution < -0.4 is 10.6 Å². The van der Waals surface area contributed by atoms with E-state index in [1.54, 1.807) is 6.07 Å². The van der Waals surface area contributed by atoms with Crippen LogP contribution in [0.1, 0.15) is 32.3 Å². The van der Waals surface area contributed by atoms with Gasteiger partial charge >= 0.3 is 0 Å². The first-order valence-electron chi connectivity index (χ1n) is 5.79. The third-order valence-electron chi connectivity index (χ3n) is 2.97. The SMILES string of the molecule is CCCC(C)N(C)c1ccc(F)cc1C(N)=S. The normalized spacial score (nSPS) is 12.2. The van der Waals surface area contributed by atoms with Crippen molar-refractivity contribution in [1.29, 1.82) is 0 Å². The van der Waals surface area contributed by atoms with Crippen molar-refractivity contribution in [2.75, 3.05) is 11.9 Å². The summed E-state index contributed by atoms with van der Waals surface area (Å²) in [5, 5.41) is 0. The molecule has 0 aromatic heterocycles. The van der Waals surface area contributed by atoms with E-state index in [-0.39, 0.29) is 10.8 Å². The van der Waals surface area contributed by atoms with E-state index in [1.165, 1.54) is 12.1 Å². The lowest BCUT2D eigenvalue weighted by molar-refractivity contribution is 0.611. The molecule has 4 heteroatoms. The molecule has 94 valence electrons. The van der Waals surface area contributed by atoms with Crippen LogP contribution in [0.15, 0.2) is 18.2 Å². The van der Waals surface area contributed by atoms with E-state index in [2.05, 4.69) is 18.7 Å². The van der Waals surface area contributed by atoms with Crippen molar-refractivity contribution in [2.45, 2.75) is 32.7 Å². The smallest absolute Gasteiger partial charge is 0.124 e. The van der Waals surface area contributed by atoms with Crippen molar-refractivity contribution >= 4 is 22.9 Å². The first-order chi connectivity index (χ1) is 7.97. The molecule has 0 radical (unpaired) electrons. The summed E-state index contributed by atoms with van der Waals surface area (Å²) in [6.45, 7) is 4.28. The molecule has 1 aromatic rings. The fourth-order valence-electron chi connectivity index (χ4n) is 1.86. The summed E-state index contributed by atoms with van der Waals surface area (Å²) in [4.78, 5) is 2.33. The van der Waals surface area contributed by atoms with Crippen LogP contribution in [0.4, 0.5) is 10.1 Å². The Hall–Kier alpha value is -1.16. The summed E-state index contributed by atoms with van der Waals surface area (Å²) in [5.74, 6) is -0.312. The van der Waals surface area contributed by atoms with Crippen LogP contribution in [-0.4, -0.2) is 18.1 Å². The fourth-order valence-corrected chi connectivity index (χ4v) is 2.03. The number of nitrogens with zero attached hydrogens (tertiary/aromatic N) is 1.